The van der Waals surface area contributed by atoms with Crippen LogP contribution in [0.15, 0.2) is 48.5 Å². The average molecular weight is 438 g/mol. The van der Waals surface area contributed by atoms with E-state index in [1.54, 1.807) is 0 Å². The molecule has 0 radical (unpaired) electrons. The molecule has 32 heavy (non-hydrogen) atoms. The molecule has 0 aromatic heterocycles. The van der Waals surface area contributed by atoms with Crippen LogP contribution in [-0.4, -0.2) is 55.0 Å². The van der Waals surface area contributed by atoms with Crippen LogP contribution in [0.5, 0.6) is 0 Å². The number of carbonyl (C=O) groups excluding carboxylic acids is 2. The fourth-order valence-electron chi connectivity index (χ4n) is 4.24. The zero-order chi connectivity index (χ0) is 22.7. The number of carboxylic acid groups (broad SMARTS) is 1. The predicted molar refractivity (Wildman–Crippen MR) is 116 cm³/mol. The van der Waals surface area contributed by atoms with Crippen LogP contribution in [0.3, 0.4) is 0 Å². The number of hydrogen-bond acceptors (Lipinski definition) is 5. The summed E-state index contributed by atoms with van der Waals surface area (Å²) in [6, 6.07) is 16.1. The molecule has 0 bridgehead atoms. The van der Waals surface area contributed by atoms with Gasteiger partial charge in [-0.15, -0.1) is 0 Å². The number of carboxylic acids is 1. The van der Waals surface area contributed by atoms with Crippen molar-refractivity contribution in [2.75, 3.05) is 20.3 Å². The number of benzene rings is 2. The smallest absolute Gasteiger partial charge is 0.407 e. The third-order valence-corrected chi connectivity index (χ3v) is 6.08. The van der Waals surface area contributed by atoms with Gasteiger partial charge in [-0.1, -0.05) is 48.5 Å². The summed E-state index contributed by atoms with van der Waals surface area (Å²) in [5, 5.41) is 14.3. The Kier molecular flexibility index (Phi) is 6.14. The Bertz CT molecular complexity index is 987. The number of aliphatic carboxylic acids is 1. The molecule has 1 atom stereocenters. The van der Waals surface area contributed by atoms with Crippen molar-refractivity contribution in [1.82, 2.24) is 10.6 Å². The van der Waals surface area contributed by atoms with Crippen molar-refractivity contribution in [2.24, 2.45) is 0 Å². The maximum absolute atomic E-state index is 12.4. The molecule has 3 N–H and O–H groups in total. The van der Waals surface area contributed by atoms with Gasteiger partial charge in [0.1, 0.15) is 6.61 Å². The molecule has 0 spiro atoms. The van der Waals surface area contributed by atoms with Gasteiger partial charge in [0, 0.05) is 13.0 Å². The molecule has 2 amide bonds. The summed E-state index contributed by atoms with van der Waals surface area (Å²) in [6.07, 6.45) is -0.493. The minimum atomic E-state index is -0.964. The SMILES string of the molecule is COC(CNC(=O)OCC1c2ccccc2-c2ccccc21)C(=O)NC1(CC(=O)O)CC1. The molecule has 8 heteroatoms. The summed E-state index contributed by atoms with van der Waals surface area (Å²) < 4.78 is 10.6. The molecule has 1 fully saturated rings. The Labute approximate surface area is 185 Å². The number of ether oxygens (including phenoxy) is 2. The highest BCUT2D eigenvalue weighted by Crippen LogP contribution is 2.44. The summed E-state index contributed by atoms with van der Waals surface area (Å²) >= 11 is 0. The van der Waals surface area contributed by atoms with Gasteiger partial charge in [0.25, 0.3) is 5.91 Å². The van der Waals surface area contributed by atoms with Crippen LogP contribution >= 0.6 is 0 Å². The van der Waals surface area contributed by atoms with Crippen molar-refractivity contribution in [1.29, 1.82) is 0 Å². The molecule has 2 aliphatic rings. The lowest BCUT2D eigenvalue weighted by Crippen LogP contribution is -2.48. The lowest BCUT2D eigenvalue weighted by atomic mass is 9.98. The molecule has 0 saturated heterocycles. The zero-order valence-electron chi connectivity index (χ0n) is 17.8. The van der Waals surface area contributed by atoms with Crippen molar-refractivity contribution in [3.8, 4) is 11.1 Å². The number of fused-ring (bicyclic) bond motifs is 3. The van der Waals surface area contributed by atoms with Gasteiger partial charge >= 0.3 is 12.1 Å². The van der Waals surface area contributed by atoms with Crippen molar-refractivity contribution >= 4 is 18.0 Å². The Morgan fingerprint density at radius 1 is 1.06 bits per heavy atom. The van der Waals surface area contributed by atoms with Gasteiger partial charge in [0.15, 0.2) is 6.10 Å². The van der Waals surface area contributed by atoms with Gasteiger partial charge in [-0.3, -0.25) is 9.59 Å². The molecule has 2 aliphatic carbocycles. The first-order chi connectivity index (χ1) is 15.4. The number of nitrogens with one attached hydrogen (secondary N) is 2. The van der Waals surface area contributed by atoms with Crippen molar-refractivity contribution in [3.63, 3.8) is 0 Å². The normalized spacial score (nSPS) is 16.4. The maximum Gasteiger partial charge on any atom is 0.407 e. The van der Waals surface area contributed by atoms with Crippen molar-refractivity contribution < 1.29 is 29.0 Å². The quantitative estimate of drug-likeness (QED) is 0.555. The van der Waals surface area contributed by atoms with Crippen molar-refractivity contribution in [2.45, 2.75) is 36.8 Å². The molecule has 0 aliphatic heterocycles. The van der Waals surface area contributed by atoms with E-state index in [-0.39, 0.29) is 25.5 Å². The minimum absolute atomic E-state index is 0.0552. The van der Waals surface area contributed by atoms with Crippen LogP contribution < -0.4 is 10.6 Å². The Balaban J connectivity index is 1.31. The first kappa shape index (κ1) is 21.8. The second kappa shape index (κ2) is 9.00. The third-order valence-electron chi connectivity index (χ3n) is 6.08. The predicted octanol–water partition coefficient (Wildman–Crippen LogP) is 2.66. The fraction of sp³-hybridized carbons (Fsp3) is 0.375. The van der Waals surface area contributed by atoms with Crippen LogP contribution in [0.1, 0.15) is 36.3 Å². The second-order valence-corrected chi connectivity index (χ2v) is 8.27. The summed E-state index contributed by atoms with van der Waals surface area (Å²) in [7, 11) is 1.36. The summed E-state index contributed by atoms with van der Waals surface area (Å²) in [5.41, 5.74) is 3.81. The van der Waals surface area contributed by atoms with E-state index in [0.717, 1.165) is 22.3 Å². The van der Waals surface area contributed by atoms with Gasteiger partial charge in [-0.2, -0.15) is 0 Å². The van der Waals surface area contributed by atoms with E-state index < -0.39 is 29.6 Å². The van der Waals surface area contributed by atoms with Gasteiger partial charge < -0.3 is 25.2 Å². The summed E-state index contributed by atoms with van der Waals surface area (Å²) in [4.78, 5) is 35.7. The Hall–Kier alpha value is -3.39. The van der Waals surface area contributed by atoms with Gasteiger partial charge in [0.2, 0.25) is 0 Å². The molecule has 0 heterocycles. The lowest BCUT2D eigenvalue weighted by molar-refractivity contribution is -0.138. The lowest BCUT2D eigenvalue weighted by Gasteiger charge is -2.21. The van der Waals surface area contributed by atoms with E-state index in [1.165, 1.54) is 7.11 Å². The fourth-order valence-corrected chi connectivity index (χ4v) is 4.24. The molecule has 168 valence electrons. The van der Waals surface area contributed by atoms with Gasteiger partial charge in [-0.05, 0) is 35.1 Å². The maximum atomic E-state index is 12.4. The van der Waals surface area contributed by atoms with E-state index in [9.17, 15) is 14.4 Å². The molecule has 8 nitrogen and oxygen atoms in total. The highest BCUT2D eigenvalue weighted by Gasteiger charge is 2.46. The van der Waals surface area contributed by atoms with Gasteiger partial charge in [0.05, 0.1) is 18.5 Å². The standard InChI is InChI=1S/C24H26N2O6/c1-31-20(22(29)26-24(10-11-24)12-21(27)28)13-25-23(30)32-14-19-17-8-4-2-6-15(17)16-7-3-5-9-18(16)19/h2-9,19-20H,10-14H2,1H3,(H,25,30)(H,26,29)(H,27,28). The molecular formula is C24H26N2O6. The van der Waals surface area contributed by atoms with E-state index >= 15 is 0 Å². The van der Waals surface area contributed by atoms with E-state index in [0.29, 0.717) is 12.8 Å². The van der Waals surface area contributed by atoms with E-state index in [2.05, 4.69) is 22.8 Å². The topological polar surface area (TPSA) is 114 Å². The summed E-state index contributed by atoms with van der Waals surface area (Å²) in [5.74, 6) is -1.47. The monoisotopic (exact) mass is 438 g/mol. The first-order valence-corrected chi connectivity index (χ1v) is 10.6. The van der Waals surface area contributed by atoms with Crippen molar-refractivity contribution in [3.05, 3.63) is 59.7 Å². The Morgan fingerprint density at radius 3 is 2.19 bits per heavy atom. The number of carbonyl (C=O) groups is 3. The Morgan fingerprint density at radius 2 is 1.66 bits per heavy atom. The molecule has 2 aromatic carbocycles. The molecule has 4 rings (SSSR count). The average Bonchev–Trinajstić information content (AvgIpc) is 3.44. The summed E-state index contributed by atoms with van der Waals surface area (Å²) in [6.45, 7) is 0.0909. The van der Waals surface area contributed by atoms with Crippen LogP contribution in [0.25, 0.3) is 11.1 Å². The molecule has 1 unspecified atom stereocenters. The highest BCUT2D eigenvalue weighted by molar-refractivity contribution is 5.84. The van der Waals surface area contributed by atoms with Gasteiger partial charge in [-0.25, -0.2) is 4.79 Å². The minimum Gasteiger partial charge on any atom is -0.481 e. The molecule has 1 saturated carbocycles. The zero-order valence-corrected chi connectivity index (χ0v) is 17.8. The number of alkyl carbamates (subject to hydrolysis) is 1. The first-order valence-electron chi connectivity index (χ1n) is 10.6. The molecular weight excluding hydrogens is 412 g/mol. The largest absolute Gasteiger partial charge is 0.481 e. The number of rotatable bonds is 9. The number of amides is 2. The van der Waals surface area contributed by atoms with Crippen LogP contribution in [0, 0.1) is 0 Å². The highest BCUT2D eigenvalue weighted by atomic mass is 16.5. The van der Waals surface area contributed by atoms with E-state index in [4.69, 9.17) is 14.6 Å². The number of methoxy groups -OCH3 is 1. The van der Waals surface area contributed by atoms with Crippen LogP contribution in [0.2, 0.25) is 0 Å². The van der Waals surface area contributed by atoms with E-state index in [1.807, 2.05) is 36.4 Å². The third kappa shape index (κ3) is 4.60. The van der Waals surface area contributed by atoms with Crippen LogP contribution in [-0.2, 0) is 19.1 Å². The molecule has 2 aromatic rings. The van der Waals surface area contributed by atoms with Crippen LogP contribution in [0.4, 0.5) is 4.79 Å². The second-order valence-electron chi connectivity index (χ2n) is 8.27. The number of hydrogen-bond donors (Lipinski definition) is 3.